The van der Waals surface area contributed by atoms with Crippen molar-refractivity contribution >= 4 is 17.3 Å². The Labute approximate surface area is 101 Å². The molecule has 4 heteroatoms. The molecule has 90 valence electrons. The Bertz CT molecular complexity index is 373. The number of nitrogens with two attached hydrogens (primary N) is 1. The number of carbonyl (C=O) groups is 1. The summed E-state index contributed by atoms with van der Waals surface area (Å²) in [7, 11) is 1.41. The molecule has 1 rings (SSSR count). The molecule has 0 bridgehead atoms. The zero-order valence-corrected chi connectivity index (χ0v) is 11.1. The van der Waals surface area contributed by atoms with E-state index in [0.717, 1.165) is 4.88 Å². The fraction of sp³-hybridized carbons (Fsp3) is 0.583. The molecular weight excluding hydrogens is 222 g/mol. The predicted molar refractivity (Wildman–Crippen MR) is 66.7 cm³/mol. The second kappa shape index (κ2) is 4.97. The lowest BCUT2D eigenvalue weighted by atomic mass is 9.79. The van der Waals surface area contributed by atoms with Crippen molar-refractivity contribution in [2.45, 2.75) is 38.6 Å². The lowest BCUT2D eigenvalue weighted by Crippen LogP contribution is -2.42. The Hall–Kier alpha value is -0.870. The number of thiophene rings is 1. The van der Waals surface area contributed by atoms with Crippen molar-refractivity contribution in [1.82, 2.24) is 0 Å². The van der Waals surface area contributed by atoms with Gasteiger partial charge in [-0.3, -0.25) is 4.79 Å². The Kier molecular flexibility index (Phi) is 4.10. The molecule has 0 saturated carbocycles. The van der Waals surface area contributed by atoms with Gasteiger partial charge in [0.25, 0.3) is 0 Å². The molecule has 0 aromatic carbocycles. The van der Waals surface area contributed by atoms with Gasteiger partial charge in [0.05, 0.1) is 13.5 Å². The molecule has 0 saturated heterocycles. The molecule has 2 unspecified atom stereocenters. The number of methoxy groups -OCH3 is 1. The van der Waals surface area contributed by atoms with E-state index in [-0.39, 0.29) is 17.4 Å². The highest BCUT2D eigenvalue weighted by Crippen LogP contribution is 2.35. The third kappa shape index (κ3) is 2.62. The van der Waals surface area contributed by atoms with Crippen LogP contribution < -0.4 is 5.73 Å². The monoisotopic (exact) mass is 241 g/mol. The molecule has 1 heterocycles. The Morgan fingerprint density at radius 3 is 2.62 bits per heavy atom. The number of carbonyl (C=O) groups excluding carboxylic acids is 1. The normalized spacial score (nSPS) is 16.6. The molecule has 0 amide bonds. The largest absolute Gasteiger partial charge is 0.469 e. The minimum Gasteiger partial charge on any atom is -0.469 e. The van der Waals surface area contributed by atoms with Gasteiger partial charge in [0.15, 0.2) is 0 Å². The van der Waals surface area contributed by atoms with Crippen molar-refractivity contribution in [3.63, 3.8) is 0 Å². The molecular formula is C12H19NO2S. The van der Waals surface area contributed by atoms with E-state index in [1.807, 2.05) is 26.8 Å². The second-order valence-electron chi connectivity index (χ2n) is 4.37. The van der Waals surface area contributed by atoms with E-state index in [1.54, 1.807) is 11.3 Å². The van der Waals surface area contributed by atoms with Gasteiger partial charge in [-0.1, -0.05) is 6.92 Å². The quantitative estimate of drug-likeness (QED) is 0.822. The van der Waals surface area contributed by atoms with E-state index >= 15 is 0 Å². The highest BCUT2D eigenvalue weighted by atomic mass is 32.1. The first kappa shape index (κ1) is 13.2. The maximum absolute atomic E-state index is 11.4. The van der Waals surface area contributed by atoms with Gasteiger partial charge in [-0.25, -0.2) is 0 Å². The van der Waals surface area contributed by atoms with Crippen LogP contribution in [-0.2, 0) is 14.9 Å². The maximum atomic E-state index is 11.4. The average molecular weight is 241 g/mol. The molecule has 0 aliphatic rings. The van der Waals surface area contributed by atoms with E-state index in [2.05, 4.69) is 6.07 Å². The van der Waals surface area contributed by atoms with Crippen LogP contribution >= 0.6 is 11.3 Å². The molecule has 0 radical (unpaired) electrons. The fourth-order valence-electron chi connectivity index (χ4n) is 1.59. The van der Waals surface area contributed by atoms with Crippen LogP contribution in [0.25, 0.3) is 0 Å². The summed E-state index contributed by atoms with van der Waals surface area (Å²) in [6, 6.07) is 4.01. The van der Waals surface area contributed by atoms with E-state index in [0.29, 0.717) is 6.42 Å². The Morgan fingerprint density at radius 1 is 1.62 bits per heavy atom. The third-order valence-electron chi connectivity index (χ3n) is 3.05. The fourth-order valence-corrected chi connectivity index (χ4v) is 2.70. The zero-order chi connectivity index (χ0) is 12.3. The van der Waals surface area contributed by atoms with Crippen molar-refractivity contribution in [1.29, 1.82) is 0 Å². The molecule has 0 spiro atoms. The van der Waals surface area contributed by atoms with Crippen molar-refractivity contribution < 1.29 is 9.53 Å². The summed E-state index contributed by atoms with van der Waals surface area (Å²) < 4.78 is 4.73. The SMILES string of the molecule is COC(=O)CC(C)(c1ccc(C)s1)C(C)N. The molecule has 1 aromatic heterocycles. The first-order valence-corrected chi connectivity index (χ1v) is 6.11. The molecule has 2 atom stereocenters. The summed E-state index contributed by atoms with van der Waals surface area (Å²) in [5.74, 6) is -0.217. The maximum Gasteiger partial charge on any atom is 0.306 e. The van der Waals surface area contributed by atoms with E-state index in [1.165, 1.54) is 12.0 Å². The summed E-state index contributed by atoms with van der Waals surface area (Å²) in [6.45, 7) is 5.99. The highest BCUT2D eigenvalue weighted by molar-refractivity contribution is 7.12. The highest BCUT2D eigenvalue weighted by Gasteiger charge is 2.35. The summed E-state index contributed by atoms with van der Waals surface area (Å²) in [6.07, 6.45) is 0.321. The summed E-state index contributed by atoms with van der Waals surface area (Å²) in [5.41, 5.74) is 5.67. The van der Waals surface area contributed by atoms with Gasteiger partial charge in [0.2, 0.25) is 0 Å². The predicted octanol–water partition coefficient (Wildman–Crippen LogP) is 2.22. The Balaban J connectivity index is 3.01. The standard InChI is InChI=1S/C12H19NO2S/c1-8-5-6-10(16-8)12(3,9(2)13)7-11(14)15-4/h5-6,9H,7,13H2,1-4H3. The number of aryl methyl sites for hydroxylation is 1. The number of ether oxygens (including phenoxy) is 1. The number of hydrogen-bond acceptors (Lipinski definition) is 4. The number of hydrogen-bond donors (Lipinski definition) is 1. The van der Waals surface area contributed by atoms with Gasteiger partial charge in [-0.15, -0.1) is 11.3 Å². The van der Waals surface area contributed by atoms with Crippen molar-refractivity contribution in [3.8, 4) is 0 Å². The molecule has 0 fully saturated rings. The topological polar surface area (TPSA) is 52.3 Å². The Morgan fingerprint density at radius 2 is 2.25 bits per heavy atom. The van der Waals surface area contributed by atoms with Crippen LogP contribution in [0.4, 0.5) is 0 Å². The van der Waals surface area contributed by atoms with Crippen LogP contribution in [0.1, 0.15) is 30.0 Å². The van der Waals surface area contributed by atoms with Gasteiger partial charge < -0.3 is 10.5 Å². The minimum absolute atomic E-state index is 0.0929. The van der Waals surface area contributed by atoms with Crippen LogP contribution in [0.3, 0.4) is 0 Å². The number of esters is 1. The van der Waals surface area contributed by atoms with Crippen LogP contribution in [0, 0.1) is 6.92 Å². The smallest absolute Gasteiger partial charge is 0.306 e. The van der Waals surface area contributed by atoms with E-state index in [4.69, 9.17) is 10.5 Å². The molecule has 0 aliphatic heterocycles. The first-order valence-electron chi connectivity index (χ1n) is 5.29. The molecule has 1 aromatic rings. The first-order chi connectivity index (χ1) is 7.40. The van der Waals surface area contributed by atoms with Crippen LogP contribution in [0.2, 0.25) is 0 Å². The van der Waals surface area contributed by atoms with Gasteiger partial charge in [0, 0.05) is 21.2 Å². The van der Waals surface area contributed by atoms with Crippen LogP contribution in [-0.4, -0.2) is 19.1 Å². The molecule has 3 nitrogen and oxygen atoms in total. The van der Waals surface area contributed by atoms with Gasteiger partial charge in [0.1, 0.15) is 0 Å². The molecule has 0 aliphatic carbocycles. The van der Waals surface area contributed by atoms with Crippen LogP contribution in [0.5, 0.6) is 0 Å². The van der Waals surface area contributed by atoms with Crippen LogP contribution in [0.15, 0.2) is 12.1 Å². The molecule has 2 N–H and O–H groups in total. The summed E-state index contributed by atoms with van der Waals surface area (Å²) in [5, 5.41) is 0. The summed E-state index contributed by atoms with van der Waals surface area (Å²) >= 11 is 1.69. The van der Waals surface area contributed by atoms with Crippen molar-refractivity contribution in [2.75, 3.05) is 7.11 Å². The zero-order valence-electron chi connectivity index (χ0n) is 10.2. The van der Waals surface area contributed by atoms with Gasteiger partial charge in [-0.2, -0.15) is 0 Å². The molecule has 16 heavy (non-hydrogen) atoms. The third-order valence-corrected chi connectivity index (χ3v) is 4.33. The van der Waals surface area contributed by atoms with Crippen molar-refractivity contribution in [3.05, 3.63) is 21.9 Å². The van der Waals surface area contributed by atoms with E-state index in [9.17, 15) is 4.79 Å². The minimum atomic E-state index is -0.341. The van der Waals surface area contributed by atoms with E-state index < -0.39 is 0 Å². The van der Waals surface area contributed by atoms with Gasteiger partial charge >= 0.3 is 5.97 Å². The van der Waals surface area contributed by atoms with Crippen molar-refractivity contribution in [2.24, 2.45) is 5.73 Å². The average Bonchev–Trinajstić information content (AvgIpc) is 2.64. The number of rotatable bonds is 4. The van der Waals surface area contributed by atoms with Gasteiger partial charge in [-0.05, 0) is 26.0 Å². The summed E-state index contributed by atoms with van der Waals surface area (Å²) in [4.78, 5) is 13.8. The lowest BCUT2D eigenvalue weighted by Gasteiger charge is -2.31. The lowest BCUT2D eigenvalue weighted by molar-refractivity contribution is -0.142. The second-order valence-corrected chi connectivity index (χ2v) is 5.66.